The second kappa shape index (κ2) is 10.2. The minimum atomic E-state index is -0.565. The van der Waals surface area contributed by atoms with Crippen molar-refractivity contribution < 1.29 is 18.5 Å². The average Bonchev–Trinajstić information content (AvgIpc) is 3.32. The summed E-state index contributed by atoms with van der Waals surface area (Å²) in [6.07, 6.45) is 1.40. The standard InChI is InChI=1S/C27H30FN3O3/c1-4-14-30-24(19-8-6-5-7-9-19)17-31(23(27(30)33)15-18(2)3)26(32)22-16-25(34-29-22)20-10-12-21(28)13-11-20/h5-13,16,18,23-24H,4,14-15,17H2,1-3H3. The highest BCUT2D eigenvalue weighted by Gasteiger charge is 2.43. The normalized spacial score (nSPS) is 18.6. The fraction of sp³-hybridized carbons (Fsp3) is 0.370. The van der Waals surface area contributed by atoms with Gasteiger partial charge in [0.15, 0.2) is 11.5 Å². The van der Waals surface area contributed by atoms with Crippen LogP contribution in [-0.2, 0) is 4.79 Å². The van der Waals surface area contributed by atoms with Crippen molar-refractivity contribution in [3.63, 3.8) is 0 Å². The van der Waals surface area contributed by atoms with E-state index >= 15 is 0 Å². The molecule has 3 aromatic rings. The number of hydrogen-bond acceptors (Lipinski definition) is 4. The van der Waals surface area contributed by atoms with Gasteiger partial charge in [-0.15, -0.1) is 0 Å². The number of halogens is 1. The SMILES string of the molecule is CCCN1C(=O)C(CC(C)C)N(C(=O)c2cc(-c3ccc(F)cc3)on2)CC1c1ccccc1. The third kappa shape index (κ3) is 4.88. The van der Waals surface area contributed by atoms with Crippen LogP contribution < -0.4 is 0 Å². The largest absolute Gasteiger partial charge is 0.355 e. The van der Waals surface area contributed by atoms with Crippen LogP contribution in [0.15, 0.2) is 65.2 Å². The first-order chi connectivity index (χ1) is 16.4. The number of piperazine rings is 1. The molecule has 1 fully saturated rings. The zero-order valence-electron chi connectivity index (χ0n) is 19.8. The number of carbonyl (C=O) groups is 2. The third-order valence-corrected chi connectivity index (χ3v) is 6.15. The predicted molar refractivity (Wildman–Crippen MR) is 127 cm³/mol. The topological polar surface area (TPSA) is 66.7 Å². The van der Waals surface area contributed by atoms with Crippen LogP contribution in [0.3, 0.4) is 0 Å². The summed E-state index contributed by atoms with van der Waals surface area (Å²) in [5, 5.41) is 4.00. The molecule has 2 atom stereocenters. The molecule has 0 saturated carbocycles. The Morgan fingerprint density at radius 3 is 2.50 bits per heavy atom. The van der Waals surface area contributed by atoms with Crippen molar-refractivity contribution in [3.8, 4) is 11.3 Å². The summed E-state index contributed by atoms with van der Waals surface area (Å²) >= 11 is 0. The molecule has 7 heteroatoms. The van der Waals surface area contributed by atoms with E-state index in [4.69, 9.17) is 4.52 Å². The van der Waals surface area contributed by atoms with E-state index < -0.39 is 6.04 Å². The maximum atomic E-state index is 13.7. The van der Waals surface area contributed by atoms with Crippen molar-refractivity contribution in [1.29, 1.82) is 0 Å². The Kier molecular flexibility index (Phi) is 7.10. The molecule has 178 valence electrons. The number of aromatic nitrogens is 1. The number of hydrogen-bond donors (Lipinski definition) is 0. The van der Waals surface area contributed by atoms with Crippen LogP contribution in [0.1, 0.15) is 55.7 Å². The Morgan fingerprint density at radius 2 is 1.85 bits per heavy atom. The molecule has 0 spiro atoms. The number of benzene rings is 2. The summed E-state index contributed by atoms with van der Waals surface area (Å²) in [6, 6.07) is 16.4. The molecule has 4 rings (SSSR count). The Hall–Kier alpha value is -3.48. The van der Waals surface area contributed by atoms with E-state index in [0.29, 0.717) is 30.8 Å². The molecular weight excluding hydrogens is 433 g/mol. The second-order valence-electron chi connectivity index (χ2n) is 9.14. The summed E-state index contributed by atoms with van der Waals surface area (Å²) in [4.78, 5) is 30.9. The van der Waals surface area contributed by atoms with Crippen LogP contribution >= 0.6 is 0 Å². The monoisotopic (exact) mass is 463 g/mol. The van der Waals surface area contributed by atoms with Gasteiger partial charge in [0.1, 0.15) is 11.9 Å². The van der Waals surface area contributed by atoms with Crippen LogP contribution in [0.4, 0.5) is 4.39 Å². The smallest absolute Gasteiger partial charge is 0.276 e. The van der Waals surface area contributed by atoms with Gasteiger partial charge in [-0.1, -0.05) is 56.3 Å². The number of rotatable bonds is 7. The fourth-order valence-electron chi connectivity index (χ4n) is 4.53. The molecule has 0 radical (unpaired) electrons. The van der Waals surface area contributed by atoms with E-state index in [2.05, 4.69) is 12.1 Å². The number of nitrogens with zero attached hydrogens (tertiary/aromatic N) is 3. The zero-order chi connectivity index (χ0) is 24.2. The van der Waals surface area contributed by atoms with E-state index in [-0.39, 0.29) is 35.3 Å². The van der Waals surface area contributed by atoms with Gasteiger partial charge in [0, 0.05) is 24.7 Å². The summed E-state index contributed by atoms with van der Waals surface area (Å²) in [6.45, 7) is 7.16. The van der Waals surface area contributed by atoms with E-state index in [0.717, 1.165) is 12.0 Å². The molecule has 2 amide bonds. The van der Waals surface area contributed by atoms with Gasteiger partial charge in [0.05, 0.1) is 6.04 Å². The van der Waals surface area contributed by atoms with Crippen LogP contribution in [0.5, 0.6) is 0 Å². The van der Waals surface area contributed by atoms with Crippen molar-refractivity contribution in [2.45, 2.75) is 45.7 Å². The van der Waals surface area contributed by atoms with Gasteiger partial charge in [0.2, 0.25) is 5.91 Å². The molecule has 34 heavy (non-hydrogen) atoms. The van der Waals surface area contributed by atoms with Gasteiger partial charge in [-0.05, 0) is 48.6 Å². The Labute approximate surface area is 199 Å². The van der Waals surface area contributed by atoms with Gasteiger partial charge in [0.25, 0.3) is 5.91 Å². The molecule has 0 bridgehead atoms. The van der Waals surface area contributed by atoms with Crippen LogP contribution in [0.25, 0.3) is 11.3 Å². The van der Waals surface area contributed by atoms with Crippen LogP contribution in [0, 0.1) is 11.7 Å². The Balaban J connectivity index is 1.68. The first kappa shape index (κ1) is 23.7. The highest BCUT2D eigenvalue weighted by molar-refractivity contribution is 5.97. The summed E-state index contributed by atoms with van der Waals surface area (Å²) in [7, 11) is 0. The fourth-order valence-corrected chi connectivity index (χ4v) is 4.53. The molecule has 1 aliphatic rings. The summed E-state index contributed by atoms with van der Waals surface area (Å²) in [5.41, 5.74) is 1.76. The predicted octanol–water partition coefficient (Wildman–Crippen LogP) is 5.33. The lowest BCUT2D eigenvalue weighted by atomic mass is 9.93. The zero-order valence-corrected chi connectivity index (χ0v) is 19.8. The van der Waals surface area contributed by atoms with Crippen molar-refractivity contribution in [2.75, 3.05) is 13.1 Å². The van der Waals surface area contributed by atoms with Gasteiger partial charge in [-0.2, -0.15) is 0 Å². The van der Waals surface area contributed by atoms with Crippen molar-refractivity contribution in [3.05, 3.63) is 77.7 Å². The van der Waals surface area contributed by atoms with E-state index in [1.54, 1.807) is 23.1 Å². The second-order valence-corrected chi connectivity index (χ2v) is 9.14. The molecule has 0 N–H and O–H groups in total. The molecule has 1 aromatic heterocycles. The number of amides is 2. The van der Waals surface area contributed by atoms with Crippen molar-refractivity contribution >= 4 is 11.8 Å². The van der Waals surface area contributed by atoms with Crippen LogP contribution in [0.2, 0.25) is 0 Å². The molecule has 2 heterocycles. The first-order valence-corrected chi connectivity index (χ1v) is 11.8. The molecule has 0 aliphatic carbocycles. The van der Waals surface area contributed by atoms with Gasteiger partial charge < -0.3 is 14.3 Å². The minimum absolute atomic E-state index is 0.0359. The summed E-state index contributed by atoms with van der Waals surface area (Å²) < 4.78 is 18.7. The maximum absolute atomic E-state index is 13.7. The lowest BCUT2D eigenvalue weighted by molar-refractivity contribution is -0.145. The van der Waals surface area contributed by atoms with E-state index in [1.165, 1.54) is 12.1 Å². The first-order valence-electron chi connectivity index (χ1n) is 11.8. The minimum Gasteiger partial charge on any atom is -0.355 e. The highest BCUT2D eigenvalue weighted by atomic mass is 19.1. The molecular formula is C27H30FN3O3. The van der Waals surface area contributed by atoms with Gasteiger partial charge >= 0.3 is 0 Å². The van der Waals surface area contributed by atoms with Crippen molar-refractivity contribution in [1.82, 2.24) is 15.0 Å². The Morgan fingerprint density at radius 1 is 1.15 bits per heavy atom. The molecule has 1 saturated heterocycles. The van der Waals surface area contributed by atoms with Crippen molar-refractivity contribution in [2.24, 2.45) is 5.92 Å². The highest BCUT2D eigenvalue weighted by Crippen LogP contribution is 2.33. The third-order valence-electron chi connectivity index (χ3n) is 6.15. The Bertz CT molecular complexity index is 1130. The molecule has 6 nitrogen and oxygen atoms in total. The molecule has 2 aromatic carbocycles. The summed E-state index contributed by atoms with van der Waals surface area (Å²) in [5.74, 6) is -0.127. The van der Waals surface area contributed by atoms with Gasteiger partial charge in [-0.25, -0.2) is 4.39 Å². The van der Waals surface area contributed by atoms with E-state index in [1.807, 2.05) is 49.1 Å². The lowest BCUT2D eigenvalue weighted by Crippen LogP contribution is -2.60. The van der Waals surface area contributed by atoms with Crippen LogP contribution in [-0.4, -0.2) is 45.9 Å². The molecule has 1 aliphatic heterocycles. The quantitative estimate of drug-likeness (QED) is 0.475. The number of carbonyl (C=O) groups excluding carboxylic acids is 2. The van der Waals surface area contributed by atoms with Gasteiger partial charge in [-0.3, -0.25) is 9.59 Å². The van der Waals surface area contributed by atoms with E-state index in [9.17, 15) is 14.0 Å². The lowest BCUT2D eigenvalue weighted by Gasteiger charge is -2.46. The maximum Gasteiger partial charge on any atom is 0.276 e. The average molecular weight is 464 g/mol. The molecule has 2 unspecified atom stereocenters.